The van der Waals surface area contributed by atoms with Crippen molar-refractivity contribution in [1.82, 2.24) is 4.57 Å². The Bertz CT molecular complexity index is 825. The monoisotopic (exact) mass is 328 g/mol. The van der Waals surface area contributed by atoms with E-state index in [1.54, 1.807) is 36.4 Å². The molecular formula is C17H16N2O5. The van der Waals surface area contributed by atoms with E-state index in [2.05, 4.69) is 5.32 Å². The molecule has 7 nitrogen and oxygen atoms in total. The number of hydrogen-bond donors (Lipinski definition) is 1. The standard InChI is InChI=1S/C17H16N2O5/c1-12(20)13-6-2-3-7-14(13)18-15(21)11-24-17(23)10-19-9-5-4-8-16(19)22/h2-9H,10-11H2,1H3,(H,18,21). The predicted molar refractivity (Wildman–Crippen MR) is 86.7 cm³/mol. The topological polar surface area (TPSA) is 94.5 Å². The summed E-state index contributed by atoms with van der Waals surface area (Å²) in [7, 11) is 0. The molecule has 0 radical (unpaired) electrons. The summed E-state index contributed by atoms with van der Waals surface area (Å²) >= 11 is 0. The Labute approximate surface area is 137 Å². The average Bonchev–Trinajstić information content (AvgIpc) is 2.55. The molecule has 0 atom stereocenters. The highest BCUT2D eigenvalue weighted by Gasteiger charge is 2.12. The van der Waals surface area contributed by atoms with E-state index >= 15 is 0 Å². The van der Waals surface area contributed by atoms with Gasteiger partial charge < -0.3 is 14.6 Å². The number of Topliss-reactive ketones (excluding diaryl/α,β-unsaturated/α-hetero) is 1. The zero-order valence-corrected chi connectivity index (χ0v) is 13.0. The molecule has 1 N–H and O–H groups in total. The first-order valence-corrected chi connectivity index (χ1v) is 7.18. The van der Waals surface area contributed by atoms with E-state index in [4.69, 9.17) is 4.74 Å². The molecule has 0 unspecified atom stereocenters. The summed E-state index contributed by atoms with van der Waals surface area (Å²) in [5.74, 6) is -1.47. The number of carbonyl (C=O) groups excluding carboxylic acids is 3. The number of carbonyl (C=O) groups is 3. The third kappa shape index (κ3) is 4.64. The number of ketones is 1. The van der Waals surface area contributed by atoms with Crippen LogP contribution in [-0.2, 0) is 20.9 Å². The third-order valence-electron chi connectivity index (χ3n) is 3.14. The maximum absolute atomic E-state index is 11.8. The van der Waals surface area contributed by atoms with E-state index in [9.17, 15) is 19.2 Å². The van der Waals surface area contributed by atoms with Gasteiger partial charge in [0.15, 0.2) is 12.4 Å². The number of rotatable bonds is 6. The number of amides is 1. The van der Waals surface area contributed by atoms with Crippen molar-refractivity contribution in [2.75, 3.05) is 11.9 Å². The molecule has 1 amide bonds. The minimum atomic E-state index is -0.710. The number of ether oxygens (including phenoxy) is 1. The molecule has 2 rings (SSSR count). The number of esters is 1. The summed E-state index contributed by atoms with van der Waals surface area (Å²) in [6.45, 7) is 0.603. The number of anilines is 1. The molecule has 0 bridgehead atoms. The SMILES string of the molecule is CC(=O)c1ccccc1NC(=O)COC(=O)Cn1ccccc1=O. The van der Waals surface area contributed by atoms with Gasteiger partial charge in [0, 0.05) is 17.8 Å². The molecule has 0 saturated heterocycles. The van der Waals surface area contributed by atoms with Crippen molar-refractivity contribution >= 4 is 23.3 Å². The lowest BCUT2D eigenvalue weighted by atomic mass is 10.1. The van der Waals surface area contributed by atoms with Crippen LogP contribution in [0.3, 0.4) is 0 Å². The molecule has 0 aliphatic carbocycles. The molecule has 7 heteroatoms. The van der Waals surface area contributed by atoms with Crippen molar-refractivity contribution < 1.29 is 19.1 Å². The Morgan fingerprint density at radius 3 is 2.50 bits per heavy atom. The molecular weight excluding hydrogens is 312 g/mol. The minimum absolute atomic E-state index is 0.189. The molecule has 0 fully saturated rings. The number of benzene rings is 1. The van der Waals surface area contributed by atoms with Gasteiger partial charge in [-0.05, 0) is 25.1 Å². The lowest BCUT2D eigenvalue weighted by molar-refractivity contribution is -0.147. The number of nitrogens with zero attached hydrogens (tertiary/aromatic N) is 1. The lowest BCUT2D eigenvalue weighted by Crippen LogP contribution is -2.27. The summed E-state index contributed by atoms with van der Waals surface area (Å²) < 4.78 is 6.01. The average molecular weight is 328 g/mol. The van der Waals surface area contributed by atoms with Gasteiger partial charge in [0.1, 0.15) is 6.54 Å². The molecule has 1 aromatic carbocycles. The Hall–Kier alpha value is -3.22. The van der Waals surface area contributed by atoms with E-state index in [0.29, 0.717) is 11.3 Å². The van der Waals surface area contributed by atoms with Crippen molar-refractivity contribution in [2.24, 2.45) is 0 Å². The Balaban J connectivity index is 1.90. The molecule has 0 saturated carbocycles. The van der Waals surface area contributed by atoms with Crippen LogP contribution in [-0.4, -0.2) is 28.8 Å². The van der Waals surface area contributed by atoms with Gasteiger partial charge in [-0.1, -0.05) is 18.2 Å². The van der Waals surface area contributed by atoms with Gasteiger partial charge in [-0.3, -0.25) is 19.2 Å². The maximum Gasteiger partial charge on any atom is 0.326 e. The Kier molecular flexibility index (Phi) is 5.62. The third-order valence-corrected chi connectivity index (χ3v) is 3.14. The molecule has 2 aromatic rings. The van der Waals surface area contributed by atoms with Crippen LogP contribution in [0.25, 0.3) is 0 Å². The summed E-state index contributed by atoms with van der Waals surface area (Å²) in [6.07, 6.45) is 1.45. The summed E-state index contributed by atoms with van der Waals surface area (Å²) in [6, 6.07) is 11.0. The van der Waals surface area contributed by atoms with Crippen LogP contribution in [0.1, 0.15) is 17.3 Å². The number of nitrogens with one attached hydrogen (secondary N) is 1. The summed E-state index contributed by atoms with van der Waals surface area (Å²) in [5.41, 5.74) is 0.382. The van der Waals surface area contributed by atoms with Crippen LogP contribution in [0.4, 0.5) is 5.69 Å². The Morgan fingerprint density at radius 1 is 1.08 bits per heavy atom. The van der Waals surface area contributed by atoms with Crippen molar-refractivity contribution in [3.05, 3.63) is 64.6 Å². The van der Waals surface area contributed by atoms with E-state index in [0.717, 1.165) is 0 Å². The van der Waals surface area contributed by atoms with E-state index in [1.807, 2.05) is 0 Å². The predicted octanol–water partition coefficient (Wildman–Crippen LogP) is 1.23. The van der Waals surface area contributed by atoms with Crippen LogP contribution >= 0.6 is 0 Å². The number of para-hydroxylation sites is 1. The van der Waals surface area contributed by atoms with Crippen molar-refractivity contribution in [1.29, 1.82) is 0 Å². The van der Waals surface area contributed by atoms with Gasteiger partial charge in [-0.25, -0.2) is 0 Å². The van der Waals surface area contributed by atoms with Gasteiger partial charge >= 0.3 is 5.97 Å². The van der Waals surface area contributed by atoms with Crippen LogP contribution in [0.2, 0.25) is 0 Å². The first-order chi connectivity index (χ1) is 11.5. The van der Waals surface area contributed by atoms with Crippen LogP contribution < -0.4 is 10.9 Å². The fourth-order valence-electron chi connectivity index (χ4n) is 2.01. The highest BCUT2D eigenvalue weighted by Crippen LogP contribution is 2.15. The fourth-order valence-corrected chi connectivity index (χ4v) is 2.01. The Morgan fingerprint density at radius 2 is 1.79 bits per heavy atom. The normalized spacial score (nSPS) is 10.0. The second-order valence-electron chi connectivity index (χ2n) is 4.98. The zero-order valence-electron chi connectivity index (χ0n) is 13.0. The quantitative estimate of drug-likeness (QED) is 0.636. The first kappa shape index (κ1) is 17.1. The largest absolute Gasteiger partial charge is 0.454 e. The minimum Gasteiger partial charge on any atom is -0.454 e. The van der Waals surface area contributed by atoms with Crippen molar-refractivity contribution in [3.8, 4) is 0 Å². The van der Waals surface area contributed by atoms with Gasteiger partial charge in [0.05, 0.1) is 5.69 Å². The molecule has 24 heavy (non-hydrogen) atoms. The van der Waals surface area contributed by atoms with Crippen LogP contribution in [0.15, 0.2) is 53.5 Å². The molecule has 0 aliphatic heterocycles. The van der Waals surface area contributed by atoms with Crippen LogP contribution in [0.5, 0.6) is 0 Å². The molecule has 0 spiro atoms. The molecule has 1 aromatic heterocycles. The second-order valence-corrected chi connectivity index (χ2v) is 4.98. The number of hydrogen-bond acceptors (Lipinski definition) is 5. The maximum atomic E-state index is 11.8. The highest BCUT2D eigenvalue weighted by molar-refractivity contribution is 6.04. The van der Waals surface area contributed by atoms with Gasteiger partial charge in [0.25, 0.3) is 11.5 Å². The number of pyridine rings is 1. The van der Waals surface area contributed by atoms with E-state index < -0.39 is 18.5 Å². The second kappa shape index (κ2) is 7.87. The summed E-state index contributed by atoms with van der Waals surface area (Å²) in [4.78, 5) is 46.5. The first-order valence-electron chi connectivity index (χ1n) is 7.18. The van der Waals surface area contributed by atoms with Gasteiger partial charge in [0.2, 0.25) is 0 Å². The molecule has 124 valence electrons. The van der Waals surface area contributed by atoms with E-state index in [-0.39, 0.29) is 17.9 Å². The zero-order chi connectivity index (χ0) is 17.5. The fraction of sp³-hybridized carbons (Fsp3) is 0.176. The smallest absolute Gasteiger partial charge is 0.326 e. The van der Waals surface area contributed by atoms with Crippen molar-refractivity contribution in [2.45, 2.75) is 13.5 Å². The van der Waals surface area contributed by atoms with Gasteiger partial charge in [-0.2, -0.15) is 0 Å². The van der Waals surface area contributed by atoms with Gasteiger partial charge in [-0.15, -0.1) is 0 Å². The van der Waals surface area contributed by atoms with E-state index in [1.165, 1.54) is 23.8 Å². The highest BCUT2D eigenvalue weighted by atomic mass is 16.5. The molecule has 0 aliphatic rings. The number of aromatic nitrogens is 1. The lowest BCUT2D eigenvalue weighted by Gasteiger charge is -2.10. The van der Waals surface area contributed by atoms with Crippen molar-refractivity contribution in [3.63, 3.8) is 0 Å². The van der Waals surface area contributed by atoms with Crippen LogP contribution in [0, 0.1) is 0 Å². The molecule has 1 heterocycles. The summed E-state index contributed by atoms with van der Waals surface area (Å²) in [5, 5.41) is 2.52.